The summed E-state index contributed by atoms with van der Waals surface area (Å²) in [6.07, 6.45) is 1.87. The number of aromatic nitrogens is 1. The first-order valence-corrected chi connectivity index (χ1v) is 7.60. The van der Waals surface area contributed by atoms with Gasteiger partial charge < -0.3 is 19.7 Å². The summed E-state index contributed by atoms with van der Waals surface area (Å²) in [5.74, 6) is -0.0835. The highest BCUT2D eigenvalue weighted by atomic mass is 16.1. The molecule has 2 heterocycles. The van der Waals surface area contributed by atoms with Crippen LogP contribution >= 0.6 is 0 Å². The number of benzene rings is 1. The van der Waals surface area contributed by atoms with E-state index in [-0.39, 0.29) is 5.91 Å². The summed E-state index contributed by atoms with van der Waals surface area (Å²) < 4.78 is 1.81. The van der Waals surface area contributed by atoms with E-state index in [1.807, 2.05) is 42.1 Å². The number of piperazine rings is 1. The molecule has 0 unspecified atom stereocenters. The fourth-order valence-corrected chi connectivity index (χ4v) is 2.71. The molecule has 1 aliphatic rings. The summed E-state index contributed by atoms with van der Waals surface area (Å²) in [5.41, 5.74) is 2.69. The highest BCUT2D eigenvalue weighted by Crippen LogP contribution is 2.19. The van der Waals surface area contributed by atoms with Crippen molar-refractivity contribution in [1.29, 1.82) is 0 Å². The fraction of sp³-hybridized carbons (Fsp3) is 0.353. The molecule has 0 bridgehead atoms. The average Bonchev–Trinajstić information content (AvgIpc) is 2.95. The molecule has 0 radical (unpaired) electrons. The fourth-order valence-electron chi connectivity index (χ4n) is 2.71. The molecule has 116 valence electrons. The van der Waals surface area contributed by atoms with Gasteiger partial charge in [0.25, 0.3) is 5.91 Å². The maximum Gasteiger partial charge on any atom is 0.272 e. The third-order valence-electron chi connectivity index (χ3n) is 4.17. The van der Waals surface area contributed by atoms with Crippen molar-refractivity contribution < 1.29 is 4.79 Å². The molecule has 0 saturated carbocycles. The third kappa shape index (κ3) is 3.14. The molecule has 0 atom stereocenters. The van der Waals surface area contributed by atoms with Gasteiger partial charge in [-0.15, -0.1) is 0 Å². The van der Waals surface area contributed by atoms with Crippen molar-refractivity contribution in [1.82, 2.24) is 9.47 Å². The van der Waals surface area contributed by atoms with Crippen LogP contribution in [-0.4, -0.2) is 48.6 Å². The Labute approximate surface area is 131 Å². The number of rotatable bonds is 3. The van der Waals surface area contributed by atoms with Gasteiger partial charge in [0, 0.05) is 50.8 Å². The van der Waals surface area contributed by atoms with Crippen molar-refractivity contribution in [2.24, 2.45) is 7.05 Å². The zero-order chi connectivity index (χ0) is 15.5. The van der Waals surface area contributed by atoms with Crippen LogP contribution in [0.3, 0.4) is 0 Å². The molecule has 0 aliphatic carbocycles. The molecule has 1 saturated heterocycles. The molecule has 1 fully saturated rings. The number of aryl methyl sites for hydroxylation is 1. The zero-order valence-corrected chi connectivity index (χ0v) is 13.1. The number of anilines is 2. The van der Waals surface area contributed by atoms with Crippen LogP contribution in [0.1, 0.15) is 10.5 Å². The van der Waals surface area contributed by atoms with E-state index in [4.69, 9.17) is 0 Å². The minimum absolute atomic E-state index is 0.0835. The number of hydrogen-bond donors (Lipinski definition) is 1. The van der Waals surface area contributed by atoms with Gasteiger partial charge in [0.2, 0.25) is 0 Å². The van der Waals surface area contributed by atoms with E-state index in [1.165, 1.54) is 5.69 Å². The van der Waals surface area contributed by atoms with Crippen molar-refractivity contribution in [3.05, 3.63) is 48.3 Å². The second-order valence-electron chi connectivity index (χ2n) is 5.80. The van der Waals surface area contributed by atoms with Gasteiger partial charge >= 0.3 is 0 Å². The molecule has 22 heavy (non-hydrogen) atoms. The van der Waals surface area contributed by atoms with Gasteiger partial charge in [-0.1, -0.05) is 0 Å². The number of carbonyl (C=O) groups excluding carboxylic acids is 1. The lowest BCUT2D eigenvalue weighted by atomic mass is 10.2. The monoisotopic (exact) mass is 298 g/mol. The van der Waals surface area contributed by atoms with Crippen LogP contribution in [0.5, 0.6) is 0 Å². The Balaban J connectivity index is 1.64. The van der Waals surface area contributed by atoms with Crippen molar-refractivity contribution in [3.63, 3.8) is 0 Å². The van der Waals surface area contributed by atoms with E-state index in [2.05, 4.69) is 34.3 Å². The van der Waals surface area contributed by atoms with Gasteiger partial charge in [-0.25, -0.2) is 0 Å². The highest BCUT2D eigenvalue weighted by molar-refractivity contribution is 6.03. The molecule has 3 rings (SSSR count). The first-order chi connectivity index (χ1) is 10.6. The maximum atomic E-state index is 12.2. The third-order valence-corrected chi connectivity index (χ3v) is 4.17. The van der Waals surface area contributed by atoms with Gasteiger partial charge in [0.1, 0.15) is 5.69 Å². The van der Waals surface area contributed by atoms with Crippen LogP contribution in [0.2, 0.25) is 0 Å². The summed E-state index contributed by atoms with van der Waals surface area (Å²) in [6.45, 7) is 4.27. The molecule has 5 heteroatoms. The lowest BCUT2D eigenvalue weighted by Crippen LogP contribution is -2.44. The second-order valence-corrected chi connectivity index (χ2v) is 5.80. The molecule has 1 amide bonds. The first-order valence-electron chi connectivity index (χ1n) is 7.60. The van der Waals surface area contributed by atoms with Crippen molar-refractivity contribution >= 4 is 17.3 Å². The Morgan fingerprint density at radius 2 is 1.68 bits per heavy atom. The number of nitrogens with one attached hydrogen (secondary N) is 1. The largest absolute Gasteiger partial charge is 0.369 e. The van der Waals surface area contributed by atoms with Crippen molar-refractivity contribution in [3.8, 4) is 0 Å². The number of carbonyl (C=O) groups is 1. The molecule has 1 N–H and O–H groups in total. The smallest absolute Gasteiger partial charge is 0.272 e. The van der Waals surface area contributed by atoms with Crippen molar-refractivity contribution in [2.45, 2.75) is 0 Å². The Kier molecular flexibility index (Phi) is 4.15. The minimum atomic E-state index is -0.0835. The Morgan fingerprint density at radius 1 is 1.00 bits per heavy atom. The molecule has 5 nitrogen and oxygen atoms in total. The molecular weight excluding hydrogens is 276 g/mol. The van der Waals surface area contributed by atoms with Crippen LogP contribution in [0, 0.1) is 0 Å². The van der Waals surface area contributed by atoms with E-state index < -0.39 is 0 Å². The van der Waals surface area contributed by atoms with Crippen LogP contribution < -0.4 is 10.2 Å². The number of amides is 1. The van der Waals surface area contributed by atoms with Gasteiger partial charge in [-0.2, -0.15) is 0 Å². The summed E-state index contributed by atoms with van der Waals surface area (Å²) in [6, 6.07) is 11.8. The number of likely N-dealkylation sites (N-methyl/N-ethyl adjacent to an activating group) is 1. The standard InChI is InChI=1S/C17H22N4O/c1-19-10-12-21(13-11-19)15-7-5-14(6-8-15)18-17(22)16-4-3-9-20(16)2/h3-9H,10-13H2,1-2H3,(H,18,22). The molecule has 0 spiro atoms. The maximum absolute atomic E-state index is 12.2. The molecule has 1 aliphatic heterocycles. The molecule has 1 aromatic heterocycles. The zero-order valence-electron chi connectivity index (χ0n) is 13.1. The summed E-state index contributed by atoms with van der Waals surface area (Å²) in [4.78, 5) is 16.9. The molecule has 2 aromatic rings. The first kappa shape index (κ1) is 14.7. The Bertz CT molecular complexity index is 639. The van der Waals surface area contributed by atoms with Crippen LogP contribution in [0.25, 0.3) is 0 Å². The Hall–Kier alpha value is -2.27. The summed E-state index contributed by atoms with van der Waals surface area (Å²) in [5, 5.41) is 2.94. The molecule has 1 aromatic carbocycles. The van der Waals surface area contributed by atoms with E-state index >= 15 is 0 Å². The van der Waals surface area contributed by atoms with E-state index in [1.54, 1.807) is 0 Å². The highest BCUT2D eigenvalue weighted by Gasteiger charge is 2.14. The number of hydrogen-bond acceptors (Lipinski definition) is 3. The summed E-state index contributed by atoms with van der Waals surface area (Å²) >= 11 is 0. The van der Waals surface area contributed by atoms with E-state index in [9.17, 15) is 4.79 Å². The minimum Gasteiger partial charge on any atom is -0.369 e. The van der Waals surface area contributed by atoms with Crippen molar-refractivity contribution in [2.75, 3.05) is 43.4 Å². The van der Waals surface area contributed by atoms with Gasteiger partial charge in [0.15, 0.2) is 0 Å². The Morgan fingerprint density at radius 3 is 2.27 bits per heavy atom. The lowest BCUT2D eigenvalue weighted by Gasteiger charge is -2.34. The average molecular weight is 298 g/mol. The SMILES string of the molecule is CN1CCN(c2ccc(NC(=O)c3cccn3C)cc2)CC1. The predicted octanol–water partition coefficient (Wildman–Crippen LogP) is 2.03. The van der Waals surface area contributed by atoms with Gasteiger partial charge in [0.05, 0.1) is 0 Å². The lowest BCUT2D eigenvalue weighted by molar-refractivity contribution is 0.101. The number of nitrogens with zero attached hydrogens (tertiary/aromatic N) is 3. The quantitative estimate of drug-likeness (QED) is 0.942. The van der Waals surface area contributed by atoms with Gasteiger partial charge in [-0.3, -0.25) is 4.79 Å². The normalized spacial score (nSPS) is 15.8. The van der Waals surface area contributed by atoms with Crippen LogP contribution in [-0.2, 0) is 7.05 Å². The van der Waals surface area contributed by atoms with Gasteiger partial charge in [-0.05, 0) is 43.4 Å². The van der Waals surface area contributed by atoms with E-state index in [0.29, 0.717) is 5.69 Å². The second kappa shape index (κ2) is 6.23. The topological polar surface area (TPSA) is 40.5 Å². The molecular formula is C17H22N4O. The van der Waals surface area contributed by atoms with Crippen LogP contribution in [0.4, 0.5) is 11.4 Å². The van der Waals surface area contributed by atoms with Crippen LogP contribution in [0.15, 0.2) is 42.6 Å². The predicted molar refractivity (Wildman–Crippen MR) is 89.5 cm³/mol. The van der Waals surface area contributed by atoms with E-state index in [0.717, 1.165) is 31.9 Å². The summed E-state index contributed by atoms with van der Waals surface area (Å²) in [7, 11) is 4.02.